The average Bonchev–Trinajstić information content (AvgIpc) is 2.70. The van der Waals surface area contributed by atoms with Crippen LogP contribution in [-0.4, -0.2) is 53.1 Å². The van der Waals surface area contributed by atoms with Crippen LogP contribution in [0.5, 0.6) is 0 Å². The van der Waals surface area contributed by atoms with Crippen molar-refractivity contribution < 1.29 is 24.8 Å². The second-order valence-electron chi connectivity index (χ2n) is 9.80. The lowest BCUT2D eigenvalue weighted by Gasteiger charge is -2.45. The number of aliphatic hydroxyl groups excluding tert-OH is 3. The zero-order valence-corrected chi connectivity index (χ0v) is 18.8. The predicted octanol–water partition coefficient (Wildman–Crippen LogP) is 3.74. The topological polar surface area (TPSA) is 79.2 Å². The molecule has 0 aromatic heterocycles. The van der Waals surface area contributed by atoms with Gasteiger partial charge in [0.15, 0.2) is 6.29 Å². The van der Waals surface area contributed by atoms with Crippen molar-refractivity contribution >= 4 is 0 Å². The lowest BCUT2D eigenvalue weighted by Crippen LogP contribution is -2.54. The largest absolute Gasteiger partial charge is 0.388 e. The van der Waals surface area contributed by atoms with Gasteiger partial charge in [0.1, 0.15) is 18.3 Å². The van der Waals surface area contributed by atoms with Crippen molar-refractivity contribution in [3.63, 3.8) is 0 Å². The van der Waals surface area contributed by atoms with Gasteiger partial charge < -0.3 is 24.8 Å². The number of hydrogen-bond acceptors (Lipinski definition) is 5. The van der Waals surface area contributed by atoms with Gasteiger partial charge >= 0.3 is 0 Å². The zero-order valence-electron chi connectivity index (χ0n) is 18.8. The molecule has 0 amide bonds. The molecule has 5 heteroatoms. The molecule has 30 heavy (non-hydrogen) atoms. The maximum Gasteiger partial charge on any atom is 0.186 e. The van der Waals surface area contributed by atoms with E-state index in [2.05, 4.69) is 39.5 Å². The van der Waals surface area contributed by atoms with E-state index in [0.29, 0.717) is 30.3 Å². The second-order valence-corrected chi connectivity index (χ2v) is 9.80. The molecule has 2 aliphatic carbocycles. The van der Waals surface area contributed by atoms with Crippen LogP contribution < -0.4 is 0 Å². The minimum Gasteiger partial charge on any atom is -0.388 e. The fraction of sp³-hybridized carbons (Fsp3) is 0.760. The van der Waals surface area contributed by atoms with Crippen LogP contribution in [0.2, 0.25) is 0 Å². The first-order valence-corrected chi connectivity index (χ1v) is 11.5. The summed E-state index contributed by atoms with van der Waals surface area (Å²) < 4.78 is 11.5. The van der Waals surface area contributed by atoms with E-state index in [0.717, 1.165) is 32.1 Å². The first kappa shape index (κ1) is 23.7. The van der Waals surface area contributed by atoms with Crippen LogP contribution in [-0.2, 0) is 9.47 Å². The minimum atomic E-state index is -1.24. The van der Waals surface area contributed by atoms with E-state index in [1.54, 1.807) is 0 Å². The van der Waals surface area contributed by atoms with Crippen molar-refractivity contribution in [2.45, 2.75) is 83.9 Å². The van der Waals surface area contributed by atoms with Crippen LogP contribution in [0.3, 0.4) is 0 Å². The van der Waals surface area contributed by atoms with Gasteiger partial charge in [-0.05, 0) is 83.0 Å². The molecule has 2 fully saturated rings. The Balaban J connectivity index is 1.72. The molecule has 170 valence electrons. The monoisotopic (exact) mass is 420 g/mol. The van der Waals surface area contributed by atoms with Crippen LogP contribution >= 0.6 is 0 Å². The Kier molecular flexibility index (Phi) is 8.33. The molecule has 1 heterocycles. The van der Waals surface area contributed by atoms with Crippen molar-refractivity contribution in [3.05, 3.63) is 35.5 Å². The molecule has 0 unspecified atom stereocenters. The highest BCUT2D eigenvalue weighted by atomic mass is 16.7. The summed E-state index contributed by atoms with van der Waals surface area (Å²) in [6, 6.07) is 0. The summed E-state index contributed by atoms with van der Waals surface area (Å²) in [5.41, 5.74) is 4.19. The Labute approximate surface area is 181 Å². The smallest absolute Gasteiger partial charge is 0.186 e. The average molecular weight is 421 g/mol. The second kappa shape index (κ2) is 10.6. The van der Waals surface area contributed by atoms with Crippen LogP contribution in [0.25, 0.3) is 0 Å². The summed E-state index contributed by atoms with van der Waals surface area (Å²) >= 11 is 0. The molecule has 5 nitrogen and oxygen atoms in total. The Hall–Kier alpha value is -0.980. The molecule has 1 saturated carbocycles. The van der Waals surface area contributed by atoms with Gasteiger partial charge in [-0.15, -0.1) is 0 Å². The number of allylic oxidation sites excluding steroid dienone is 5. The molecule has 3 aliphatic rings. The zero-order chi connectivity index (χ0) is 21.8. The van der Waals surface area contributed by atoms with Crippen molar-refractivity contribution in [1.29, 1.82) is 0 Å². The first-order valence-electron chi connectivity index (χ1n) is 11.5. The van der Waals surface area contributed by atoms with Crippen molar-refractivity contribution in [1.82, 2.24) is 0 Å². The van der Waals surface area contributed by atoms with Crippen molar-refractivity contribution in [2.24, 2.45) is 23.7 Å². The Morgan fingerprint density at radius 2 is 2.00 bits per heavy atom. The minimum absolute atomic E-state index is 0.0266. The third-order valence-corrected chi connectivity index (χ3v) is 7.23. The molecule has 3 N–H and O–H groups in total. The lowest BCUT2D eigenvalue weighted by molar-refractivity contribution is -0.274. The third kappa shape index (κ3) is 5.63. The molecule has 0 aromatic carbocycles. The van der Waals surface area contributed by atoms with Crippen LogP contribution in [0, 0.1) is 23.7 Å². The molecule has 0 radical (unpaired) electrons. The Morgan fingerprint density at radius 1 is 1.23 bits per heavy atom. The normalized spacial score (nSPS) is 37.9. The maximum absolute atomic E-state index is 10.2. The maximum atomic E-state index is 10.2. The van der Waals surface area contributed by atoms with Gasteiger partial charge in [-0.3, -0.25) is 0 Å². The standard InChI is InChI=1S/C25H40O5/c1-15(2)6-5-7-18(13-29-25-24(28)23(27)22(26)14-30-25)20-11-9-17(4)19-10-8-16(3)12-21(19)20/h6,12,18-28H,4-5,7-11,13-14H2,1-3H3/t18-,19+,20-,21+,22-,23+,24-,25-/m0/s1. The highest BCUT2D eigenvalue weighted by molar-refractivity contribution is 5.19. The van der Waals surface area contributed by atoms with E-state index in [1.165, 1.54) is 23.1 Å². The quantitative estimate of drug-likeness (QED) is 0.547. The van der Waals surface area contributed by atoms with Gasteiger partial charge in [0, 0.05) is 0 Å². The third-order valence-electron chi connectivity index (χ3n) is 7.23. The summed E-state index contributed by atoms with van der Waals surface area (Å²) in [5, 5.41) is 29.9. The number of rotatable bonds is 7. The first-order chi connectivity index (χ1) is 14.3. The molecule has 1 saturated heterocycles. The molecule has 0 spiro atoms. The SMILES string of the molecule is C=C1CC[C@@H]([C@@H](CCC=C(C)C)CO[C@H]2OC[C@H](O)[C@@H](O)[C@@H]2O)[C@@H]2C=C(C)CC[C@H]12. The molecule has 3 rings (SSSR count). The van der Waals surface area contributed by atoms with Crippen molar-refractivity contribution in [2.75, 3.05) is 13.2 Å². The summed E-state index contributed by atoms with van der Waals surface area (Å²) in [6.45, 7) is 11.3. The number of aliphatic hydroxyl groups is 3. The molecule has 8 atom stereocenters. The van der Waals surface area contributed by atoms with E-state index in [4.69, 9.17) is 9.47 Å². The van der Waals surface area contributed by atoms with Gasteiger partial charge in [-0.2, -0.15) is 0 Å². The highest BCUT2D eigenvalue weighted by Gasteiger charge is 2.41. The van der Waals surface area contributed by atoms with E-state index < -0.39 is 24.6 Å². The molecule has 0 bridgehead atoms. The number of ether oxygens (including phenoxy) is 2. The molecule has 0 aromatic rings. The summed E-state index contributed by atoms with van der Waals surface area (Å²) in [7, 11) is 0. The van der Waals surface area contributed by atoms with Gasteiger partial charge in [-0.25, -0.2) is 0 Å². The fourth-order valence-corrected chi connectivity index (χ4v) is 5.43. The van der Waals surface area contributed by atoms with E-state index in [-0.39, 0.29) is 6.61 Å². The summed E-state index contributed by atoms with van der Waals surface area (Å²) in [5.74, 6) is 1.91. The molecule has 1 aliphatic heterocycles. The van der Waals surface area contributed by atoms with Crippen LogP contribution in [0.4, 0.5) is 0 Å². The van der Waals surface area contributed by atoms with E-state index >= 15 is 0 Å². The number of hydrogen-bond donors (Lipinski definition) is 3. The fourth-order valence-electron chi connectivity index (χ4n) is 5.43. The van der Waals surface area contributed by atoms with Crippen molar-refractivity contribution in [3.8, 4) is 0 Å². The van der Waals surface area contributed by atoms with E-state index in [1.807, 2.05) is 0 Å². The van der Waals surface area contributed by atoms with Gasteiger partial charge in [-0.1, -0.05) is 35.5 Å². The predicted molar refractivity (Wildman–Crippen MR) is 118 cm³/mol. The number of fused-ring (bicyclic) bond motifs is 1. The highest BCUT2D eigenvalue weighted by Crippen LogP contribution is 2.48. The molecular weight excluding hydrogens is 380 g/mol. The lowest BCUT2D eigenvalue weighted by atomic mass is 9.61. The van der Waals surface area contributed by atoms with Gasteiger partial charge in [0.05, 0.1) is 13.2 Å². The Bertz CT molecular complexity index is 650. The van der Waals surface area contributed by atoms with Gasteiger partial charge in [0.25, 0.3) is 0 Å². The summed E-state index contributed by atoms with van der Waals surface area (Å²) in [4.78, 5) is 0. The summed E-state index contributed by atoms with van der Waals surface area (Å²) in [6.07, 6.45) is 6.88. The van der Waals surface area contributed by atoms with E-state index in [9.17, 15) is 15.3 Å². The van der Waals surface area contributed by atoms with Gasteiger partial charge in [0.2, 0.25) is 0 Å². The van der Waals surface area contributed by atoms with Crippen LogP contribution in [0.15, 0.2) is 35.5 Å². The molecular formula is C25H40O5. The van der Waals surface area contributed by atoms with Crippen LogP contribution in [0.1, 0.15) is 59.3 Å². The Morgan fingerprint density at radius 3 is 2.73 bits per heavy atom.